The predicted octanol–water partition coefficient (Wildman–Crippen LogP) is 1.92. The maximum atomic E-state index is 12.0. The van der Waals surface area contributed by atoms with Crippen LogP contribution in [-0.2, 0) is 11.3 Å². The second kappa shape index (κ2) is 6.72. The molecule has 0 fully saturated rings. The van der Waals surface area contributed by atoms with Crippen LogP contribution in [0.5, 0.6) is 0 Å². The molecule has 2 rings (SSSR count). The van der Waals surface area contributed by atoms with Gasteiger partial charge in [-0.15, -0.1) is 0 Å². The number of anilines is 1. The second-order valence-corrected chi connectivity index (χ2v) is 4.85. The predicted molar refractivity (Wildman–Crippen MR) is 82.2 cm³/mol. The summed E-state index contributed by atoms with van der Waals surface area (Å²) in [6.45, 7) is -0.486. The number of pyridine rings is 1. The van der Waals surface area contributed by atoms with Gasteiger partial charge >= 0.3 is 0 Å². The molecule has 0 aliphatic rings. The van der Waals surface area contributed by atoms with Crippen LogP contribution in [0.4, 0.5) is 11.4 Å². The van der Waals surface area contributed by atoms with Gasteiger partial charge in [-0.1, -0.05) is 23.7 Å². The van der Waals surface area contributed by atoms with Crippen LogP contribution < -0.4 is 10.9 Å². The highest BCUT2D eigenvalue weighted by Crippen LogP contribution is 2.20. The summed E-state index contributed by atoms with van der Waals surface area (Å²) in [6.07, 6.45) is 0.912. The Morgan fingerprint density at radius 2 is 2.13 bits per heavy atom. The molecule has 9 heteroatoms. The first-order chi connectivity index (χ1) is 10.9. The first-order valence-corrected chi connectivity index (χ1v) is 6.63. The molecule has 23 heavy (non-hydrogen) atoms. The summed E-state index contributed by atoms with van der Waals surface area (Å²) in [5, 5.41) is 22.5. The Morgan fingerprint density at radius 3 is 2.74 bits per heavy atom. The average molecular weight is 333 g/mol. The van der Waals surface area contributed by atoms with E-state index in [1.165, 1.54) is 0 Å². The van der Waals surface area contributed by atoms with Crippen LogP contribution in [0.3, 0.4) is 0 Å². The molecule has 0 spiro atoms. The van der Waals surface area contributed by atoms with Gasteiger partial charge in [0.1, 0.15) is 18.2 Å². The lowest BCUT2D eigenvalue weighted by Crippen LogP contribution is -2.29. The fourth-order valence-electron chi connectivity index (χ4n) is 1.82. The van der Waals surface area contributed by atoms with Crippen molar-refractivity contribution in [2.75, 3.05) is 5.32 Å². The fourth-order valence-corrected chi connectivity index (χ4v) is 2.01. The number of rotatable bonds is 4. The highest BCUT2D eigenvalue weighted by atomic mass is 35.5. The van der Waals surface area contributed by atoms with E-state index in [0.717, 1.165) is 16.8 Å². The number of nitriles is 1. The van der Waals surface area contributed by atoms with Crippen molar-refractivity contribution in [3.8, 4) is 6.07 Å². The molecule has 0 aliphatic carbocycles. The number of nitrogens with one attached hydrogen (secondary N) is 1. The van der Waals surface area contributed by atoms with E-state index < -0.39 is 34.2 Å². The van der Waals surface area contributed by atoms with Crippen molar-refractivity contribution in [1.29, 1.82) is 5.26 Å². The number of carbonyl (C=O) groups is 1. The van der Waals surface area contributed by atoms with Gasteiger partial charge in [-0.2, -0.15) is 5.26 Å². The summed E-state index contributed by atoms with van der Waals surface area (Å²) in [6, 6.07) is 8.92. The molecule has 1 heterocycles. The van der Waals surface area contributed by atoms with Crippen molar-refractivity contribution < 1.29 is 9.72 Å². The monoisotopic (exact) mass is 332 g/mol. The Balaban J connectivity index is 2.29. The molecular weight excluding hydrogens is 324 g/mol. The van der Waals surface area contributed by atoms with E-state index in [0.29, 0.717) is 10.7 Å². The van der Waals surface area contributed by atoms with Gasteiger partial charge in [0.15, 0.2) is 0 Å². The molecule has 0 aliphatic heterocycles. The molecule has 1 N–H and O–H groups in total. The number of nitro groups is 1. The number of aromatic nitrogens is 1. The molecule has 1 amide bonds. The van der Waals surface area contributed by atoms with Gasteiger partial charge in [0.05, 0.1) is 21.8 Å². The summed E-state index contributed by atoms with van der Waals surface area (Å²) in [7, 11) is 0. The molecule has 1 aromatic heterocycles. The van der Waals surface area contributed by atoms with Crippen molar-refractivity contribution in [2.45, 2.75) is 6.54 Å². The van der Waals surface area contributed by atoms with Crippen LogP contribution >= 0.6 is 11.6 Å². The largest absolute Gasteiger partial charge is 0.323 e. The highest BCUT2D eigenvalue weighted by Gasteiger charge is 2.16. The maximum Gasteiger partial charge on any atom is 0.287 e. The molecule has 2 aromatic rings. The van der Waals surface area contributed by atoms with Gasteiger partial charge in [0.2, 0.25) is 5.91 Å². The van der Waals surface area contributed by atoms with Crippen LogP contribution in [0.1, 0.15) is 5.56 Å². The van der Waals surface area contributed by atoms with Gasteiger partial charge in [-0.3, -0.25) is 24.3 Å². The minimum Gasteiger partial charge on any atom is -0.323 e. The number of amides is 1. The summed E-state index contributed by atoms with van der Waals surface area (Å²) < 4.78 is 0.808. The molecule has 0 unspecified atom stereocenters. The number of hydrogen-bond donors (Lipinski definition) is 1. The first-order valence-electron chi connectivity index (χ1n) is 6.25. The van der Waals surface area contributed by atoms with Crippen molar-refractivity contribution >= 4 is 28.9 Å². The molecule has 116 valence electrons. The van der Waals surface area contributed by atoms with Crippen molar-refractivity contribution in [3.63, 3.8) is 0 Å². The number of benzene rings is 1. The van der Waals surface area contributed by atoms with Gasteiger partial charge in [-0.25, -0.2) is 0 Å². The van der Waals surface area contributed by atoms with Crippen LogP contribution in [0.15, 0.2) is 41.3 Å². The number of para-hydroxylation sites is 1. The van der Waals surface area contributed by atoms with E-state index in [9.17, 15) is 19.7 Å². The van der Waals surface area contributed by atoms with Crippen LogP contribution in [0, 0.1) is 21.4 Å². The summed E-state index contributed by atoms with van der Waals surface area (Å²) in [4.78, 5) is 34.0. The Bertz CT molecular complexity index is 885. The zero-order valence-electron chi connectivity index (χ0n) is 11.5. The Hall–Kier alpha value is -3.18. The van der Waals surface area contributed by atoms with Crippen molar-refractivity contribution in [1.82, 2.24) is 4.57 Å². The minimum absolute atomic E-state index is 0.310. The van der Waals surface area contributed by atoms with E-state index in [2.05, 4.69) is 5.32 Å². The topological polar surface area (TPSA) is 118 Å². The van der Waals surface area contributed by atoms with Crippen LogP contribution in [0.25, 0.3) is 0 Å². The molecule has 0 radical (unpaired) electrons. The fraction of sp³-hybridized carbons (Fsp3) is 0.0714. The SMILES string of the molecule is N#Cc1cc([N+](=O)[O-])cn(CC(=O)Nc2ccccc2Cl)c1=O. The third-order valence-corrected chi connectivity index (χ3v) is 3.19. The van der Waals surface area contributed by atoms with E-state index >= 15 is 0 Å². The molecule has 1 aromatic carbocycles. The molecule has 0 saturated carbocycles. The Morgan fingerprint density at radius 1 is 1.43 bits per heavy atom. The number of halogens is 1. The Labute approximate surface area is 134 Å². The lowest BCUT2D eigenvalue weighted by molar-refractivity contribution is -0.385. The zero-order valence-corrected chi connectivity index (χ0v) is 12.3. The highest BCUT2D eigenvalue weighted by molar-refractivity contribution is 6.33. The Kier molecular flexibility index (Phi) is 4.73. The number of carbonyl (C=O) groups excluding carboxylic acids is 1. The van der Waals surface area contributed by atoms with Gasteiger partial charge < -0.3 is 5.32 Å². The molecular formula is C14H9ClN4O4. The second-order valence-electron chi connectivity index (χ2n) is 4.44. The number of nitrogens with zero attached hydrogens (tertiary/aromatic N) is 3. The quantitative estimate of drug-likeness (QED) is 0.677. The van der Waals surface area contributed by atoms with E-state index in [4.69, 9.17) is 16.9 Å². The zero-order chi connectivity index (χ0) is 17.0. The normalized spacial score (nSPS) is 9.91. The van der Waals surface area contributed by atoms with E-state index in [1.807, 2.05) is 0 Å². The third-order valence-electron chi connectivity index (χ3n) is 2.86. The van der Waals surface area contributed by atoms with Crippen molar-refractivity contribution in [3.05, 3.63) is 67.6 Å². The lowest BCUT2D eigenvalue weighted by atomic mass is 10.2. The van der Waals surface area contributed by atoms with Crippen LogP contribution in [0.2, 0.25) is 5.02 Å². The van der Waals surface area contributed by atoms with Crippen molar-refractivity contribution in [2.24, 2.45) is 0 Å². The van der Waals surface area contributed by atoms with Gasteiger partial charge in [0, 0.05) is 6.07 Å². The van der Waals surface area contributed by atoms with E-state index in [-0.39, 0.29) is 0 Å². The first kappa shape index (κ1) is 16.2. The van der Waals surface area contributed by atoms with E-state index in [1.54, 1.807) is 30.3 Å². The molecule has 0 saturated heterocycles. The standard InChI is InChI=1S/C14H9ClN4O4/c15-11-3-1-2-4-12(11)17-13(20)8-18-7-10(19(22)23)5-9(6-16)14(18)21/h1-5,7H,8H2,(H,17,20). The molecule has 8 nitrogen and oxygen atoms in total. The molecule has 0 atom stereocenters. The van der Waals surface area contributed by atoms with Gasteiger partial charge in [-0.05, 0) is 12.1 Å². The molecule has 0 bridgehead atoms. The van der Waals surface area contributed by atoms with Crippen LogP contribution in [-0.4, -0.2) is 15.4 Å². The summed E-state index contributed by atoms with van der Waals surface area (Å²) >= 11 is 5.90. The maximum absolute atomic E-state index is 12.0. The lowest BCUT2D eigenvalue weighted by Gasteiger charge is -2.08. The summed E-state index contributed by atoms with van der Waals surface area (Å²) in [5.74, 6) is -0.607. The third kappa shape index (κ3) is 3.72. The summed E-state index contributed by atoms with van der Waals surface area (Å²) in [5.41, 5.74) is -1.30. The minimum atomic E-state index is -0.785. The average Bonchev–Trinajstić information content (AvgIpc) is 2.51. The van der Waals surface area contributed by atoms with Gasteiger partial charge in [0.25, 0.3) is 11.2 Å². The smallest absolute Gasteiger partial charge is 0.287 e. The number of hydrogen-bond acceptors (Lipinski definition) is 5.